The minimum Gasteiger partial charge on any atom is -0.376 e. The van der Waals surface area contributed by atoms with Crippen LogP contribution in [0.25, 0.3) is 0 Å². The van der Waals surface area contributed by atoms with Gasteiger partial charge in [-0.15, -0.1) is 0 Å². The number of ether oxygens (including phenoxy) is 1. The standard InChI is InChI=1S/C17H20N4O3/c1-18-16(22)12-5-3-4-11(8-12)9-19-17(23)15-13-10-24-7-6-14(13)21(2)20-15/h3-5,8H,6-7,9-10H2,1-2H3,(H,18,22)(H,19,23). The molecule has 2 N–H and O–H groups in total. The van der Waals surface area contributed by atoms with Crippen LogP contribution < -0.4 is 10.6 Å². The van der Waals surface area contributed by atoms with Crippen molar-refractivity contribution in [3.05, 3.63) is 52.3 Å². The molecule has 7 nitrogen and oxygen atoms in total. The topological polar surface area (TPSA) is 85.3 Å². The lowest BCUT2D eigenvalue weighted by molar-refractivity contribution is 0.0922. The predicted molar refractivity (Wildman–Crippen MR) is 87.6 cm³/mol. The lowest BCUT2D eigenvalue weighted by Gasteiger charge is -2.13. The van der Waals surface area contributed by atoms with Gasteiger partial charge in [-0.05, 0) is 17.7 Å². The second-order valence-corrected chi connectivity index (χ2v) is 5.66. The summed E-state index contributed by atoms with van der Waals surface area (Å²) in [4.78, 5) is 24.1. The van der Waals surface area contributed by atoms with Crippen molar-refractivity contribution in [1.29, 1.82) is 0 Å². The van der Waals surface area contributed by atoms with E-state index in [1.54, 1.807) is 29.9 Å². The maximum Gasteiger partial charge on any atom is 0.272 e. The molecule has 0 unspecified atom stereocenters. The Morgan fingerprint density at radius 2 is 2.17 bits per heavy atom. The summed E-state index contributed by atoms with van der Waals surface area (Å²) in [7, 11) is 3.43. The van der Waals surface area contributed by atoms with Crippen LogP contribution in [0.4, 0.5) is 0 Å². The van der Waals surface area contributed by atoms with E-state index in [-0.39, 0.29) is 11.8 Å². The third kappa shape index (κ3) is 3.16. The number of carbonyl (C=O) groups is 2. The molecule has 7 heteroatoms. The van der Waals surface area contributed by atoms with E-state index in [1.165, 1.54) is 0 Å². The molecule has 1 aromatic heterocycles. The monoisotopic (exact) mass is 328 g/mol. The predicted octanol–water partition coefficient (Wildman–Crippen LogP) is 0.782. The molecular weight excluding hydrogens is 308 g/mol. The van der Waals surface area contributed by atoms with Crippen LogP contribution in [-0.4, -0.2) is 35.2 Å². The molecule has 3 rings (SSSR count). The van der Waals surface area contributed by atoms with Crippen LogP contribution in [0.15, 0.2) is 24.3 Å². The number of aryl methyl sites for hydroxylation is 1. The van der Waals surface area contributed by atoms with Crippen LogP contribution >= 0.6 is 0 Å². The molecule has 2 heterocycles. The Morgan fingerprint density at radius 1 is 1.33 bits per heavy atom. The highest BCUT2D eigenvalue weighted by atomic mass is 16.5. The van der Waals surface area contributed by atoms with Crippen LogP contribution in [-0.2, 0) is 31.4 Å². The van der Waals surface area contributed by atoms with Gasteiger partial charge in [0.15, 0.2) is 5.69 Å². The molecule has 2 amide bonds. The van der Waals surface area contributed by atoms with Gasteiger partial charge in [-0.3, -0.25) is 14.3 Å². The van der Waals surface area contributed by atoms with Gasteiger partial charge in [-0.1, -0.05) is 12.1 Å². The molecule has 0 atom stereocenters. The zero-order chi connectivity index (χ0) is 17.1. The molecule has 2 aromatic rings. The Kier molecular flexibility index (Phi) is 4.61. The summed E-state index contributed by atoms with van der Waals surface area (Å²) in [5, 5.41) is 9.77. The summed E-state index contributed by atoms with van der Waals surface area (Å²) in [6.45, 7) is 1.40. The van der Waals surface area contributed by atoms with Gasteiger partial charge in [0.05, 0.1) is 13.2 Å². The third-order valence-corrected chi connectivity index (χ3v) is 4.09. The number of rotatable bonds is 4. The zero-order valence-corrected chi connectivity index (χ0v) is 13.8. The fraction of sp³-hybridized carbons (Fsp3) is 0.353. The van der Waals surface area contributed by atoms with E-state index >= 15 is 0 Å². The third-order valence-electron chi connectivity index (χ3n) is 4.09. The fourth-order valence-electron chi connectivity index (χ4n) is 2.83. The molecule has 1 aliphatic rings. The van der Waals surface area contributed by atoms with Gasteiger partial charge in [-0.25, -0.2) is 0 Å². The van der Waals surface area contributed by atoms with E-state index < -0.39 is 0 Å². The average molecular weight is 328 g/mol. The van der Waals surface area contributed by atoms with Crippen molar-refractivity contribution in [3.63, 3.8) is 0 Å². The second kappa shape index (κ2) is 6.84. The van der Waals surface area contributed by atoms with Crippen molar-refractivity contribution < 1.29 is 14.3 Å². The molecule has 1 aromatic carbocycles. The first kappa shape index (κ1) is 16.2. The summed E-state index contributed by atoms with van der Waals surface area (Å²) in [6, 6.07) is 7.15. The smallest absolute Gasteiger partial charge is 0.272 e. The van der Waals surface area contributed by atoms with Crippen molar-refractivity contribution >= 4 is 11.8 Å². The molecule has 0 saturated heterocycles. The van der Waals surface area contributed by atoms with Crippen molar-refractivity contribution in [3.8, 4) is 0 Å². The molecular formula is C17H20N4O3. The Hall–Kier alpha value is -2.67. The minimum absolute atomic E-state index is 0.154. The summed E-state index contributed by atoms with van der Waals surface area (Å²) < 4.78 is 7.19. The number of benzene rings is 1. The largest absolute Gasteiger partial charge is 0.376 e. The molecule has 0 bridgehead atoms. The van der Waals surface area contributed by atoms with Gasteiger partial charge in [0.2, 0.25) is 0 Å². The van der Waals surface area contributed by atoms with Crippen LogP contribution in [0.3, 0.4) is 0 Å². The fourth-order valence-corrected chi connectivity index (χ4v) is 2.83. The van der Waals surface area contributed by atoms with E-state index in [9.17, 15) is 9.59 Å². The first-order valence-electron chi connectivity index (χ1n) is 7.82. The number of fused-ring (bicyclic) bond motifs is 1. The van der Waals surface area contributed by atoms with Gasteiger partial charge in [0, 0.05) is 43.9 Å². The van der Waals surface area contributed by atoms with Crippen molar-refractivity contribution in [1.82, 2.24) is 20.4 Å². The normalized spacial score (nSPS) is 13.2. The molecule has 1 aliphatic heterocycles. The molecule has 0 saturated carbocycles. The van der Waals surface area contributed by atoms with E-state index in [0.29, 0.717) is 31.0 Å². The minimum atomic E-state index is -0.234. The van der Waals surface area contributed by atoms with Gasteiger partial charge >= 0.3 is 0 Å². The summed E-state index contributed by atoms with van der Waals surface area (Å²) in [5.74, 6) is -0.387. The Morgan fingerprint density at radius 3 is 2.96 bits per heavy atom. The van der Waals surface area contributed by atoms with E-state index in [1.807, 2.05) is 13.1 Å². The lowest BCUT2D eigenvalue weighted by atomic mass is 10.1. The molecule has 126 valence electrons. The Bertz CT molecular complexity index is 782. The maximum atomic E-state index is 12.5. The van der Waals surface area contributed by atoms with Gasteiger partial charge in [0.25, 0.3) is 11.8 Å². The van der Waals surface area contributed by atoms with Crippen LogP contribution in [0, 0.1) is 0 Å². The number of carbonyl (C=O) groups excluding carboxylic acids is 2. The Labute approximate surface area is 140 Å². The maximum absolute atomic E-state index is 12.5. The second-order valence-electron chi connectivity index (χ2n) is 5.66. The highest BCUT2D eigenvalue weighted by Crippen LogP contribution is 2.20. The van der Waals surface area contributed by atoms with Gasteiger partial charge in [0.1, 0.15) is 0 Å². The molecule has 0 spiro atoms. The van der Waals surface area contributed by atoms with Gasteiger partial charge in [-0.2, -0.15) is 5.10 Å². The number of nitrogens with zero attached hydrogens (tertiary/aromatic N) is 2. The highest BCUT2D eigenvalue weighted by molar-refractivity contribution is 5.95. The van der Waals surface area contributed by atoms with Crippen molar-refractivity contribution in [2.45, 2.75) is 19.6 Å². The quantitative estimate of drug-likeness (QED) is 0.869. The zero-order valence-electron chi connectivity index (χ0n) is 13.8. The summed E-state index contributed by atoms with van der Waals surface area (Å²) in [5.41, 5.74) is 3.74. The SMILES string of the molecule is CNC(=O)c1cccc(CNC(=O)c2nn(C)c3c2COCC3)c1. The number of nitrogens with one attached hydrogen (secondary N) is 2. The average Bonchev–Trinajstić information content (AvgIpc) is 2.96. The lowest BCUT2D eigenvalue weighted by Crippen LogP contribution is -2.25. The van der Waals surface area contributed by atoms with Crippen LogP contribution in [0.5, 0.6) is 0 Å². The number of hydrogen-bond donors (Lipinski definition) is 2. The molecule has 0 fully saturated rings. The molecule has 24 heavy (non-hydrogen) atoms. The van der Waals surface area contributed by atoms with Crippen LogP contribution in [0.2, 0.25) is 0 Å². The Balaban J connectivity index is 1.71. The van der Waals surface area contributed by atoms with Crippen molar-refractivity contribution in [2.75, 3.05) is 13.7 Å². The summed E-state index contributed by atoms with van der Waals surface area (Å²) in [6.07, 6.45) is 0.764. The number of amides is 2. The van der Waals surface area contributed by atoms with Crippen LogP contribution in [0.1, 0.15) is 37.7 Å². The number of hydrogen-bond acceptors (Lipinski definition) is 4. The molecule has 0 radical (unpaired) electrons. The summed E-state index contributed by atoms with van der Waals surface area (Å²) >= 11 is 0. The highest BCUT2D eigenvalue weighted by Gasteiger charge is 2.24. The molecule has 0 aliphatic carbocycles. The number of aromatic nitrogens is 2. The first-order chi connectivity index (χ1) is 11.6. The van der Waals surface area contributed by atoms with Crippen molar-refractivity contribution in [2.24, 2.45) is 7.05 Å². The van der Waals surface area contributed by atoms with E-state index in [2.05, 4.69) is 15.7 Å². The van der Waals surface area contributed by atoms with Gasteiger partial charge < -0.3 is 15.4 Å². The first-order valence-corrected chi connectivity index (χ1v) is 7.82. The van der Waals surface area contributed by atoms with E-state index in [0.717, 1.165) is 23.2 Å². The van der Waals surface area contributed by atoms with E-state index in [4.69, 9.17) is 4.74 Å².